The number of ether oxygens (including phenoxy) is 1. The molecular weight excluding hydrogens is 136 g/mol. The second-order valence-corrected chi connectivity index (χ2v) is 3.12. The maximum Gasteiger partial charge on any atom is 0.306 e. The van der Waals surface area contributed by atoms with E-state index in [0.29, 0.717) is 18.9 Å². The van der Waals surface area contributed by atoms with E-state index in [-0.39, 0.29) is 5.97 Å². The van der Waals surface area contributed by atoms with Crippen LogP contribution in [-0.2, 0) is 9.53 Å². The molecule has 1 rings (SSSR count). The third kappa shape index (κ3) is 1.90. The number of thioether (sulfide) groups is 1. The highest BCUT2D eigenvalue weighted by molar-refractivity contribution is 7.98. The van der Waals surface area contributed by atoms with Gasteiger partial charge in [-0.05, 0) is 12.0 Å². The highest BCUT2D eigenvalue weighted by Crippen LogP contribution is 2.17. The Morgan fingerprint density at radius 1 is 1.89 bits per heavy atom. The second kappa shape index (κ2) is 3.11. The zero-order valence-corrected chi connectivity index (χ0v) is 6.24. The molecule has 3 heteroatoms. The summed E-state index contributed by atoms with van der Waals surface area (Å²) in [6.45, 7) is 0.639. The van der Waals surface area contributed by atoms with Gasteiger partial charge in [0.25, 0.3) is 0 Å². The van der Waals surface area contributed by atoms with Crippen LogP contribution in [0.3, 0.4) is 0 Å². The molecule has 1 aliphatic heterocycles. The average Bonchev–Trinajstić information content (AvgIpc) is 2.17. The van der Waals surface area contributed by atoms with E-state index in [2.05, 4.69) is 0 Å². The van der Waals surface area contributed by atoms with Gasteiger partial charge >= 0.3 is 5.97 Å². The van der Waals surface area contributed by atoms with Crippen LogP contribution in [-0.4, -0.2) is 24.6 Å². The van der Waals surface area contributed by atoms with Crippen LogP contribution in [0.1, 0.15) is 6.42 Å². The van der Waals surface area contributed by atoms with E-state index in [1.807, 2.05) is 6.26 Å². The van der Waals surface area contributed by atoms with Crippen LogP contribution in [0.2, 0.25) is 0 Å². The van der Waals surface area contributed by atoms with Crippen LogP contribution in [0.25, 0.3) is 0 Å². The second-order valence-electron chi connectivity index (χ2n) is 2.21. The molecule has 1 heterocycles. The zero-order valence-electron chi connectivity index (χ0n) is 5.42. The van der Waals surface area contributed by atoms with E-state index >= 15 is 0 Å². The highest BCUT2D eigenvalue weighted by atomic mass is 32.2. The Hall–Kier alpha value is -0.180. The van der Waals surface area contributed by atoms with Crippen LogP contribution < -0.4 is 0 Å². The van der Waals surface area contributed by atoms with Gasteiger partial charge < -0.3 is 4.74 Å². The molecule has 0 amide bonds. The molecular formula is C6H10O2S. The molecule has 9 heavy (non-hydrogen) atoms. The molecule has 0 saturated carbocycles. The lowest BCUT2D eigenvalue weighted by Gasteiger charge is -1.99. The fourth-order valence-electron chi connectivity index (χ4n) is 0.907. The number of rotatable bonds is 2. The van der Waals surface area contributed by atoms with Gasteiger partial charge in [0.2, 0.25) is 0 Å². The molecule has 0 aromatic rings. The van der Waals surface area contributed by atoms with Gasteiger partial charge in [-0.1, -0.05) is 0 Å². The van der Waals surface area contributed by atoms with Crippen molar-refractivity contribution >= 4 is 17.7 Å². The Morgan fingerprint density at radius 3 is 3.11 bits per heavy atom. The molecule has 1 saturated heterocycles. The minimum atomic E-state index is -0.0333. The highest BCUT2D eigenvalue weighted by Gasteiger charge is 2.22. The fourth-order valence-corrected chi connectivity index (χ4v) is 1.59. The van der Waals surface area contributed by atoms with Crippen molar-refractivity contribution in [3.8, 4) is 0 Å². The maximum absolute atomic E-state index is 10.5. The maximum atomic E-state index is 10.5. The Kier molecular flexibility index (Phi) is 2.39. The molecule has 1 aliphatic rings. The van der Waals surface area contributed by atoms with E-state index in [9.17, 15) is 4.79 Å². The van der Waals surface area contributed by atoms with Gasteiger partial charge in [-0.25, -0.2) is 0 Å². The minimum Gasteiger partial charge on any atom is -0.465 e. The van der Waals surface area contributed by atoms with Crippen LogP contribution in [0, 0.1) is 5.92 Å². The number of hydrogen-bond acceptors (Lipinski definition) is 3. The van der Waals surface area contributed by atoms with Crippen LogP contribution in [0.5, 0.6) is 0 Å². The van der Waals surface area contributed by atoms with Gasteiger partial charge in [-0.2, -0.15) is 11.8 Å². The first kappa shape index (κ1) is 6.93. The Bertz CT molecular complexity index is 114. The van der Waals surface area contributed by atoms with Gasteiger partial charge in [0, 0.05) is 5.92 Å². The zero-order chi connectivity index (χ0) is 6.69. The van der Waals surface area contributed by atoms with Gasteiger partial charge in [-0.3, -0.25) is 4.79 Å². The lowest BCUT2D eigenvalue weighted by atomic mass is 10.2. The summed E-state index contributed by atoms with van der Waals surface area (Å²) >= 11 is 1.77. The normalized spacial score (nSPS) is 26.3. The van der Waals surface area contributed by atoms with Gasteiger partial charge in [-0.15, -0.1) is 0 Å². The summed E-state index contributed by atoms with van der Waals surface area (Å²) in [6, 6.07) is 0. The lowest BCUT2D eigenvalue weighted by Crippen LogP contribution is -2.01. The van der Waals surface area contributed by atoms with Gasteiger partial charge in [0.1, 0.15) is 0 Å². The lowest BCUT2D eigenvalue weighted by molar-refractivity contribution is -0.137. The minimum absolute atomic E-state index is 0.0333. The molecule has 52 valence electrons. The van der Waals surface area contributed by atoms with E-state index < -0.39 is 0 Å². The van der Waals surface area contributed by atoms with E-state index in [0.717, 1.165) is 5.75 Å². The smallest absolute Gasteiger partial charge is 0.306 e. The monoisotopic (exact) mass is 146 g/mol. The summed E-state index contributed by atoms with van der Waals surface area (Å²) in [5.74, 6) is 1.49. The third-order valence-corrected chi connectivity index (χ3v) is 2.14. The van der Waals surface area contributed by atoms with Crippen molar-refractivity contribution in [2.45, 2.75) is 6.42 Å². The summed E-state index contributed by atoms with van der Waals surface area (Å²) in [7, 11) is 0. The average molecular weight is 146 g/mol. The molecule has 1 fully saturated rings. The first-order chi connectivity index (χ1) is 4.33. The molecule has 0 N–H and O–H groups in total. The number of esters is 1. The number of carbonyl (C=O) groups is 1. The van der Waals surface area contributed by atoms with Crippen molar-refractivity contribution in [3.05, 3.63) is 0 Å². The van der Waals surface area contributed by atoms with Crippen molar-refractivity contribution in [1.29, 1.82) is 0 Å². The molecule has 0 aromatic heterocycles. The molecule has 0 spiro atoms. The van der Waals surface area contributed by atoms with E-state index in [1.165, 1.54) is 0 Å². The van der Waals surface area contributed by atoms with Crippen molar-refractivity contribution < 1.29 is 9.53 Å². The number of carbonyl (C=O) groups excluding carboxylic acids is 1. The topological polar surface area (TPSA) is 26.3 Å². The van der Waals surface area contributed by atoms with Crippen molar-refractivity contribution in [2.24, 2.45) is 5.92 Å². The first-order valence-corrected chi connectivity index (χ1v) is 4.37. The number of cyclic esters (lactones) is 1. The van der Waals surface area contributed by atoms with E-state index in [4.69, 9.17) is 4.74 Å². The standard InChI is InChI=1S/C6H10O2S/c1-9-4-5-2-6(7)8-3-5/h5H,2-4H2,1H3. The summed E-state index contributed by atoms with van der Waals surface area (Å²) < 4.78 is 4.77. The SMILES string of the molecule is CSCC1COC(=O)C1. The quantitative estimate of drug-likeness (QED) is 0.542. The predicted octanol–water partition coefficient (Wildman–Crippen LogP) is 0.912. The molecule has 0 aromatic carbocycles. The van der Waals surface area contributed by atoms with Gasteiger partial charge in [0.15, 0.2) is 0 Å². The molecule has 0 radical (unpaired) electrons. The predicted molar refractivity (Wildman–Crippen MR) is 37.4 cm³/mol. The molecule has 1 unspecified atom stereocenters. The van der Waals surface area contributed by atoms with Crippen LogP contribution in [0.4, 0.5) is 0 Å². The Balaban J connectivity index is 2.22. The van der Waals surface area contributed by atoms with Crippen molar-refractivity contribution in [2.75, 3.05) is 18.6 Å². The summed E-state index contributed by atoms with van der Waals surface area (Å²) in [5.41, 5.74) is 0. The first-order valence-electron chi connectivity index (χ1n) is 2.97. The molecule has 0 bridgehead atoms. The van der Waals surface area contributed by atoms with Crippen molar-refractivity contribution in [1.82, 2.24) is 0 Å². The van der Waals surface area contributed by atoms with E-state index in [1.54, 1.807) is 11.8 Å². The summed E-state index contributed by atoms with van der Waals surface area (Å²) in [5, 5.41) is 0. The third-order valence-electron chi connectivity index (χ3n) is 1.34. The Labute approximate surface area is 59.0 Å². The fraction of sp³-hybridized carbons (Fsp3) is 0.833. The van der Waals surface area contributed by atoms with Crippen LogP contribution >= 0.6 is 11.8 Å². The van der Waals surface area contributed by atoms with Crippen LogP contribution in [0.15, 0.2) is 0 Å². The summed E-state index contributed by atoms with van der Waals surface area (Å²) in [6.07, 6.45) is 2.67. The largest absolute Gasteiger partial charge is 0.465 e. The number of hydrogen-bond donors (Lipinski definition) is 0. The summed E-state index contributed by atoms with van der Waals surface area (Å²) in [4.78, 5) is 10.5. The molecule has 0 aliphatic carbocycles. The van der Waals surface area contributed by atoms with Crippen molar-refractivity contribution in [3.63, 3.8) is 0 Å². The molecule has 2 nitrogen and oxygen atoms in total. The molecule has 1 atom stereocenters. The Morgan fingerprint density at radius 2 is 2.67 bits per heavy atom. The van der Waals surface area contributed by atoms with Gasteiger partial charge in [0.05, 0.1) is 13.0 Å².